The monoisotopic (exact) mass is 237 g/mol. The lowest BCUT2D eigenvalue weighted by atomic mass is 9.82. The first kappa shape index (κ1) is 12.4. The summed E-state index contributed by atoms with van der Waals surface area (Å²) >= 11 is 0. The fraction of sp³-hybridized carbons (Fsp3) is 0.769. The standard InChI is InChI=1S/C13H23N3O/c1-4-14-11-8-6-5-7-10(11)13-12(17-3)9-15-16(13)2/h9-11,14H,4-8H2,1-3H3. The molecule has 2 rings (SSSR count). The number of nitrogens with zero attached hydrogens (tertiary/aromatic N) is 2. The summed E-state index contributed by atoms with van der Waals surface area (Å²) < 4.78 is 7.41. The number of hydrogen-bond donors (Lipinski definition) is 1. The molecule has 96 valence electrons. The van der Waals surface area contributed by atoms with Crippen molar-refractivity contribution in [2.45, 2.75) is 44.6 Å². The molecule has 0 spiro atoms. The van der Waals surface area contributed by atoms with Crippen LogP contribution in [0.1, 0.15) is 44.2 Å². The van der Waals surface area contributed by atoms with Gasteiger partial charge >= 0.3 is 0 Å². The molecule has 0 radical (unpaired) electrons. The second kappa shape index (κ2) is 5.54. The van der Waals surface area contributed by atoms with Gasteiger partial charge in [0.05, 0.1) is 19.0 Å². The van der Waals surface area contributed by atoms with Crippen LogP contribution in [0.5, 0.6) is 5.75 Å². The van der Waals surface area contributed by atoms with Gasteiger partial charge in [0.25, 0.3) is 0 Å². The van der Waals surface area contributed by atoms with Crippen molar-refractivity contribution >= 4 is 0 Å². The molecule has 1 aromatic rings. The summed E-state index contributed by atoms with van der Waals surface area (Å²) in [6, 6.07) is 0.568. The average Bonchev–Trinajstić information content (AvgIpc) is 2.72. The van der Waals surface area contributed by atoms with Crippen molar-refractivity contribution < 1.29 is 4.74 Å². The summed E-state index contributed by atoms with van der Waals surface area (Å²) in [5, 5.41) is 7.93. The highest BCUT2D eigenvalue weighted by molar-refractivity contribution is 5.30. The van der Waals surface area contributed by atoms with E-state index in [-0.39, 0.29) is 0 Å². The van der Waals surface area contributed by atoms with E-state index in [0.717, 1.165) is 12.3 Å². The molecule has 0 bridgehead atoms. The molecular weight excluding hydrogens is 214 g/mol. The summed E-state index contributed by atoms with van der Waals surface area (Å²) in [5.41, 5.74) is 1.25. The number of likely N-dealkylation sites (N-methyl/N-ethyl adjacent to an activating group) is 1. The second-order valence-electron chi connectivity index (χ2n) is 4.78. The van der Waals surface area contributed by atoms with Crippen molar-refractivity contribution in [2.24, 2.45) is 7.05 Å². The maximum absolute atomic E-state index is 5.43. The predicted molar refractivity (Wildman–Crippen MR) is 68.4 cm³/mol. The number of aromatic nitrogens is 2. The Kier molecular flexibility index (Phi) is 4.05. The third kappa shape index (κ3) is 2.46. The summed E-state index contributed by atoms with van der Waals surface area (Å²) in [5.74, 6) is 1.47. The molecule has 1 aliphatic carbocycles. The van der Waals surface area contributed by atoms with Crippen LogP contribution in [0.25, 0.3) is 0 Å². The molecule has 17 heavy (non-hydrogen) atoms. The third-order valence-corrected chi connectivity index (χ3v) is 3.75. The lowest BCUT2D eigenvalue weighted by Crippen LogP contribution is -2.38. The van der Waals surface area contributed by atoms with Crippen LogP contribution in [-0.4, -0.2) is 29.5 Å². The zero-order chi connectivity index (χ0) is 12.3. The third-order valence-electron chi connectivity index (χ3n) is 3.75. The Morgan fingerprint density at radius 3 is 2.94 bits per heavy atom. The summed E-state index contributed by atoms with van der Waals surface area (Å²) in [7, 11) is 3.74. The normalized spacial score (nSPS) is 24.9. The smallest absolute Gasteiger partial charge is 0.160 e. The van der Waals surface area contributed by atoms with E-state index in [1.165, 1.54) is 31.4 Å². The van der Waals surface area contributed by atoms with E-state index in [2.05, 4.69) is 17.3 Å². The van der Waals surface area contributed by atoms with Crippen LogP contribution < -0.4 is 10.1 Å². The highest BCUT2D eigenvalue weighted by Crippen LogP contribution is 2.37. The number of hydrogen-bond acceptors (Lipinski definition) is 3. The average molecular weight is 237 g/mol. The fourth-order valence-electron chi connectivity index (χ4n) is 2.97. The lowest BCUT2D eigenvalue weighted by molar-refractivity contribution is 0.310. The van der Waals surface area contributed by atoms with Gasteiger partial charge in [0, 0.05) is 19.0 Å². The number of aryl methyl sites for hydroxylation is 1. The van der Waals surface area contributed by atoms with E-state index in [0.29, 0.717) is 12.0 Å². The lowest BCUT2D eigenvalue weighted by Gasteiger charge is -2.32. The predicted octanol–water partition coefficient (Wildman–Crippen LogP) is 2.06. The first-order valence-electron chi connectivity index (χ1n) is 6.57. The Labute approximate surface area is 103 Å². The minimum Gasteiger partial charge on any atom is -0.493 e. The van der Waals surface area contributed by atoms with Gasteiger partial charge in [-0.1, -0.05) is 19.8 Å². The van der Waals surface area contributed by atoms with Crippen molar-refractivity contribution in [2.75, 3.05) is 13.7 Å². The van der Waals surface area contributed by atoms with E-state index in [1.54, 1.807) is 7.11 Å². The molecule has 0 amide bonds. The van der Waals surface area contributed by atoms with Crippen LogP contribution in [0.15, 0.2) is 6.20 Å². The Balaban J connectivity index is 2.25. The van der Waals surface area contributed by atoms with Gasteiger partial charge in [-0.15, -0.1) is 0 Å². The van der Waals surface area contributed by atoms with Gasteiger partial charge in [0.1, 0.15) is 0 Å². The first-order valence-corrected chi connectivity index (χ1v) is 6.57. The molecule has 1 saturated carbocycles. The van der Waals surface area contributed by atoms with Gasteiger partial charge in [0.2, 0.25) is 0 Å². The molecule has 0 saturated heterocycles. The highest BCUT2D eigenvalue weighted by Gasteiger charge is 2.30. The molecule has 2 unspecified atom stereocenters. The van der Waals surface area contributed by atoms with Crippen LogP contribution in [0.4, 0.5) is 0 Å². The molecule has 1 fully saturated rings. The molecule has 0 aliphatic heterocycles. The van der Waals surface area contributed by atoms with Crippen molar-refractivity contribution in [3.05, 3.63) is 11.9 Å². The van der Waals surface area contributed by atoms with Gasteiger partial charge in [-0.2, -0.15) is 5.10 Å². The summed E-state index contributed by atoms with van der Waals surface area (Å²) in [4.78, 5) is 0. The van der Waals surface area contributed by atoms with Gasteiger partial charge in [-0.05, 0) is 19.4 Å². The van der Waals surface area contributed by atoms with Gasteiger partial charge in [-0.25, -0.2) is 0 Å². The maximum Gasteiger partial charge on any atom is 0.160 e. The minimum atomic E-state index is 0.533. The molecule has 1 heterocycles. The summed E-state index contributed by atoms with van der Waals surface area (Å²) in [6.07, 6.45) is 6.95. The van der Waals surface area contributed by atoms with E-state index < -0.39 is 0 Å². The van der Waals surface area contributed by atoms with E-state index in [4.69, 9.17) is 4.74 Å². The maximum atomic E-state index is 5.43. The van der Waals surface area contributed by atoms with Crippen LogP contribution in [0.2, 0.25) is 0 Å². The quantitative estimate of drug-likeness (QED) is 0.871. The van der Waals surface area contributed by atoms with Gasteiger partial charge in [-0.3, -0.25) is 4.68 Å². The number of ether oxygens (including phenoxy) is 1. The number of methoxy groups -OCH3 is 1. The molecule has 4 heteroatoms. The summed E-state index contributed by atoms with van der Waals surface area (Å²) in [6.45, 7) is 3.20. The molecule has 2 atom stereocenters. The van der Waals surface area contributed by atoms with Crippen LogP contribution in [-0.2, 0) is 7.05 Å². The van der Waals surface area contributed by atoms with Crippen LogP contribution in [0, 0.1) is 0 Å². The van der Waals surface area contributed by atoms with Gasteiger partial charge in [0.15, 0.2) is 5.75 Å². The number of rotatable bonds is 4. The SMILES string of the molecule is CCNC1CCCCC1c1c(OC)cnn1C. The first-order chi connectivity index (χ1) is 8.27. The van der Waals surface area contributed by atoms with E-state index in [1.807, 2.05) is 17.9 Å². The second-order valence-corrected chi connectivity index (χ2v) is 4.78. The molecule has 1 N–H and O–H groups in total. The molecule has 4 nitrogen and oxygen atoms in total. The molecule has 0 aromatic carbocycles. The van der Waals surface area contributed by atoms with Crippen molar-refractivity contribution in [1.82, 2.24) is 15.1 Å². The van der Waals surface area contributed by atoms with E-state index >= 15 is 0 Å². The Morgan fingerprint density at radius 2 is 2.24 bits per heavy atom. The molecule has 1 aliphatic rings. The minimum absolute atomic E-state index is 0.533. The van der Waals surface area contributed by atoms with Gasteiger partial charge < -0.3 is 10.1 Å². The van der Waals surface area contributed by atoms with Crippen molar-refractivity contribution in [1.29, 1.82) is 0 Å². The zero-order valence-electron chi connectivity index (χ0n) is 11.1. The Morgan fingerprint density at radius 1 is 1.47 bits per heavy atom. The topological polar surface area (TPSA) is 39.1 Å². The van der Waals surface area contributed by atoms with Crippen LogP contribution >= 0.6 is 0 Å². The van der Waals surface area contributed by atoms with E-state index in [9.17, 15) is 0 Å². The number of nitrogens with one attached hydrogen (secondary N) is 1. The van der Waals surface area contributed by atoms with Crippen LogP contribution in [0.3, 0.4) is 0 Å². The fourth-order valence-corrected chi connectivity index (χ4v) is 2.97. The van der Waals surface area contributed by atoms with Crippen molar-refractivity contribution in [3.63, 3.8) is 0 Å². The highest BCUT2D eigenvalue weighted by atomic mass is 16.5. The molecular formula is C13H23N3O. The molecule has 1 aromatic heterocycles. The Bertz CT molecular complexity index is 360. The van der Waals surface area contributed by atoms with Crippen molar-refractivity contribution in [3.8, 4) is 5.75 Å². The Hall–Kier alpha value is -1.03. The zero-order valence-corrected chi connectivity index (χ0v) is 11.1. The largest absolute Gasteiger partial charge is 0.493 e.